The van der Waals surface area contributed by atoms with Gasteiger partial charge in [-0.2, -0.15) is 0 Å². The van der Waals surface area contributed by atoms with E-state index in [0.29, 0.717) is 33.0 Å². The second-order valence-corrected chi connectivity index (χ2v) is 8.82. The summed E-state index contributed by atoms with van der Waals surface area (Å²) in [5.74, 6) is -0.734. The van der Waals surface area contributed by atoms with Crippen LogP contribution in [0, 0.1) is 0 Å². The Hall–Kier alpha value is -2.68. The van der Waals surface area contributed by atoms with E-state index in [1.165, 1.54) is 12.7 Å². The molecule has 0 aliphatic carbocycles. The number of aromatic amines is 2. The second kappa shape index (κ2) is 13.7. The lowest BCUT2D eigenvalue weighted by Crippen LogP contribution is -2.43. The molecule has 0 fully saturated rings. The molecule has 0 radical (unpaired) electrons. The molecule has 2 aromatic heterocycles. The van der Waals surface area contributed by atoms with Gasteiger partial charge in [0.1, 0.15) is 12.1 Å². The number of nitrogens with one attached hydrogen (secondary N) is 4. The van der Waals surface area contributed by atoms with Crippen molar-refractivity contribution in [2.45, 2.75) is 37.8 Å². The van der Waals surface area contributed by atoms with Gasteiger partial charge in [0.05, 0.1) is 12.7 Å². The number of nitrogens with two attached hydrogens (primary N) is 2. The number of H-pyrrole nitrogens is 2. The molecule has 0 unspecified atom stereocenters. The van der Waals surface area contributed by atoms with E-state index in [-0.39, 0.29) is 50.6 Å². The fourth-order valence-corrected chi connectivity index (χ4v) is 4.48. The third-order valence-electron chi connectivity index (χ3n) is 4.15. The van der Waals surface area contributed by atoms with Crippen molar-refractivity contribution in [3.8, 4) is 0 Å². The van der Waals surface area contributed by atoms with E-state index in [1.54, 1.807) is 12.4 Å². The van der Waals surface area contributed by atoms with Gasteiger partial charge in [-0.05, 0) is 21.6 Å². The van der Waals surface area contributed by atoms with Crippen molar-refractivity contribution in [3.05, 3.63) is 36.4 Å². The zero-order chi connectivity index (χ0) is 23.3. The Bertz CT molecular complexity index is 803. The van der Waals surface area contributed by atoms with Crippen molar-refractivity contribution in [1.82, 2.24) is 30.6 Å². The molecule has 2 aromatic rings. The minimum absolute atomic E-state index is 0.0723. The average Bonchev–Trinajstić information content (AvgIpc) is 3.45. The van der Waals surface area contributed by atoms with E-state index >= 15 is 0 Å². The third-order valence-corrected chi connectivity index (χ3v) is 6.36. The number of hydrogen-bond acceptors (Lipinski definition) is 10. The van der Waals surface area contributed by atoms with Crippen LogP contribution in [0.25, 0.3) is 0 Å². The normalized spacial score (nSPS) is 12.7. The molecule has 0 saturated carbocycles. The van der Waals surface area contributed by atoms with Crippen molar-refractivity contribution in [3.63, 3.8) is 0 Å². The molecule has 174 valence electrons. The summed E-state index contributed by atoms with van der Waals surface area (Å²) in [5.41, 5.74) is 12.1. The topological polar surface area (TPSA) is 202 Å². The van der Waals surface area contributed by atoms with Crippen LogP contribution in [0.2, 0.25) is 0 Å². The monoisotopic (exact) mass is 482 g/mol. The summed E-state index contributed by atoms with van der Waals surface area (Å²) < 4.78 is 0. The van der Waals surface area contributed by atoms with Gasteiger partial charge in [0.15, 0.2) is 0 Å². The van der Waals surface area contributed by atoms with E-state index in [2.05, 4.69) is 30.6 Å². The Morgan fingerprint density at radius 1 is 0.812 bits per heavy atom. The number of amides is 2. The van der Waals surface area contributed by atoms with Crippen molar-refractivity contribution >= 4 is 43.6 Å². The Kier molecular flexibility index (Phi) is 10.9. The largest absolute Gasteiger partial charge is 0.348 e. The van der Waals surface area contributed by atoms with E-state index in [4.69, 9.17) is 11.5 Å². The zero-order valence-electron chi connectivity index (χ0n) is 17.2. The minimum Gasteiger partial charge on any atom is -0.348 e. The number of carbonyl (C=O) groups is 4. The summed E-state index contributed by atoms with van der Waals surface area (Å²) >= 11 is 0. The standard InChI is InChI=1S/C18H26N8O4S2/c19-3-1-15(27)25-13(5-11-7-21-9-23-11)17(29)31-32-18(30)14(26-16(28)2-4-20)6-12-8-22-10-24-12/h7-10,13-14H,1-6,19-20H2,(H,21,23)(H,22,24)(H,25,27)(H,26,28)/t13-,14-/m0/s1. The second-order valence-electron chi connectivity index (χ2n) is 6.68. The third kappa shape index (κ3) is 8.82. The molecule has 0 aliphatic rings. The lowest BCUT2D eigenvalue weighted by Gasteiger charge is -2.18. The Morgan fingerprint density at radius 3 is 1.53 bits per heavy atom. The fourth-order valence-electron chi connectivity index (χ4n) is 2.61. The van der Waals surface area contributed by atoms with Gasteiger partial charge in [0.2, 0.25) is 22.0 Å². The van der Waals surface area contributed by atoms with E-state index in [0.717, 1.165) is 0 Å². The Labute approximate surface area is 192 Å². The molecule has 14 heteroatoms. The first-order valence-corrected chi connectivity index (χ1v) is 11.9. The smallest absolute Gasteiger partial charge is 0.222 e. The van der Waals surface area contributed by atoms with Crippen LogP contribution < -0.4 is 22.1 Å². The number of aromatic nitrogens is 4. The minimum atomic E-state index is -0.877. The van der Waals surface area contributed by atoms with Crippen molar-refractivity contribution in [1.29, 1.82) is 0 Å². The average molecular weight is 483 g/mol. The van der Waals surface area contributed by atoms with Gasteiger partial charge >= 0.3 is 0 Å². The van der Waals surface area contributed by atoms with Crippen molar-refractivity contribution < 1.29 is 19.2 Å². The maximum Gasteiger partial charge on any atom is 0.222 e. The van der Waals surface area contributed by atoms with Gasteiger partial charge in [-0.1, -0.05) is 0 Å². The predicted octanol–water partition coefficient (Wildman–Crippen LogP) is -0.980. The summed E-state index contributed by atoms with van der Waals surface area (Å²) in [6.07, 6.45) is 6.54. The number of nitrogens with zero attached hydrogens (tertiary/aromatic N) is 2. The highest BCUT2D eigenvalue weighted by Gasteiger charge is 2.27. The molecule has 0 saturated heterocycles. The molecule has 8 N–H and O–H groups in total. The van der Waals surface area contributed by atoms with E-state index < -0.39 is 22.3 Å². The molecule has 0 bridgehead atoms. The van der Waals surface area contributed by atoms with Crippen molar-refractivity contribution in [2.24, 2.45) is 11.5 Å². The predicted molar refractivity (Wildman–Crippen MR) is 121 cm³/mol. The van der Waals surface area contributed by atoms with E-state index in [1.807, 2.05) is 0 Å². The molecule has 2 atom stereocenters. The van der Waals surface area contributed by atoms with Gasteiger partial charge in [0.25, 0.3) is 0 Å². The first kappa shape index (κ1) is 25.6. The molecule has 2 rings (SSSR count). The molecule has 2 heterocycles. The highest BCUT2D eigenvalue weighted by Crippen LogP contribution is 2.27. The lowest BCUT2D eigenvalue weighted by molar-refractivity contribution is -0.124. The molecule has 32 heavy (non-hydrogen) atoms. The van der Waals surface area contributed by atoms with Gasteiger partial charge in [-0.25, -0.2) is 9.97 Å². The number of hydrogen-bond donors (Lipinski definition) is 6. The SMILES string of the molecule is NCCC(=O)N[C@@H](Cc1cnc[nH]1)C(=O)SSC(=O)[C@H](Cc1cnc[nH]1)NC(=O)CCN. The van der Waals surface area contributed by atoms with Crippen molar-refractivity contribution in [2.75, 3.05) is 13.1 Å². The molecular formula is C18H26N8O4S2. The molecule has 0 aromatic carbocycles. The number of imidazole rings is 2. The van der Waals surface area contributed by atoms with E-state index in [9.17, 15) is 19.2 Å². The van der Waals surface area contributed by atoms with Crippen LogP contribution in [-0.4, -0.2) is 67.2 Å². The summed E-state index contributed by atoms with van der Waals surface area (Å²) in [5, 5.41) is 4.43. The maximum absolute atomic E-state index is 12.8. The molecule has 2 amide bonds. The molecule has 0 aliphatic heterocycles. The highest BCUT2D eigenvalue weighted by molar-refractivity contribution is 8.87. The van der Waals surface area contributed by atoms with Crippen LogP contribution in [-0.2, 0) is 32.0 Å². The van der Waals surface area contributed by atoms with Gasteiger partial charge in [-0.15, -0.1) is 0 Å². The Morgan fingerprint density at radius 2 is 1.22 bits per heavy atom. The number of rotatable bonds is 12. The molecular weight excluding hydrogens is 456 g/mol. The number of carbonyl (C=O) groups excluding carboxylic acids is 4. The first-order chi connectivity index (χ1) is 15.4. The van der Waals surface area contributed by atoms with Gasteiger partial charge in [-0.3, -0.25) is 19.2 Å². The quantitative estimate of drug-likeness (QED) is 0.204. The fraction of sp³-hybridized carbons (Fsp3) is 0.444. The Balaban J connectivity index is 2.00. The van der Waals surface area contributed by atoms with Crippen LogP contribution in [0.1, 0.15) is 24.2 Å². The van der Waals surface area contributed by atoms with Crippen LogP contribution >= 0.6 is 21.6 Å². The van der Waals surface area contributed by atoms with Crippen LogP contribution in [0.15, 0.2) is 25.0 Å². The van der Waals surface area contributed by atoms with Crippen LogP contribution in [0.4, 0.5) is 0 Å². The van der Waals surface area contributed by atoms with Gasteiger partial charge < -0.3 is 32.1 Å². The summed E-state index contributed by atoms with van der Waals surface area (Å²) in [6.45, 7) is 0.296. The van der Waals surface area contributed by atoms with Crippen LogP contribution in [0.5, 0.6) is 0 Å². The zero-order valence-corrected chi connectivity index (χ0v) is 18.8. The molecule has 0 spiro atoms. The lowest BCUT2D eigenvalue weighted by atomic mass is 10.2. The van der Waals surface area contributed by atoms with Gasteiger partial charge in [0, 0.05) is 62.6 Å². The summed E-state index contributed by atoms with van der Waals surface area (Å²) in [6, 6.07) is -1.75. The van der Waals surface area contributed by atoms with Crippen LogP contribution in [0.3, 0.4) is 0 Å². The molecule has 12 nitrogen and oxygen atoms in total. The highest BCUT2D eigenvalue weighted by atomic mass is 33.1. The first-order valence-electron chi connectivity index (χ1n) is 9.78. The summed E-state index contributed by atoms with van der Waals surface area (Å²) in [7, 11) is 1.40. The summed E-state index contributed by atoms with van der Waals surface area (Å²) in [4.78, 5) is 63.0. The maximum atomic E-state index is 12.8.